The Morgan fingerprint density at radius 1 is 1.39 bits per heavy atom. The Bertz CT molecular complexity index is 339. The molecule has 1 unspecified atom stereocenters. The largest absolute Gasteiger partial charge is 0.359 e. The van der Waals surface area contributed by atoms with Gasteiger partial charge in [-0.1, -0.05) is 0 Å². The van der Waals surface area contributed by atoms with Crippen LogP contribution in [0.1, 0.15) is 38.5 Å². The molecular weight excluding hydrogens is 230 g/mol. The molecule has 2 rings (SSSR count). The first kappa shape index (κ1) is 13.3. The van der Waals surface area contributed by atoms with Crippen molar-refractivity contribution in [2.75, 3.05) is 20.1 Å². The molecule has 1 aliphatic heterocycles. The molecule has 1 saturated heterocycles. The summed E-state index contributed by atoms with van der Waals surface area (Å²) >= 11 is 0. The van der Waals surface area contributed by atoms with E-state index in [4.69, 9.17) is 5.73 Å². The Kier molecular flexibility index (Phi) is 3.90. The normalized spacial score (nSPS) is 26.3. The Morgan fingerprint density at radius 3 is 2.67 bits per heavy atom. The minimum absolute atomic E-state index is 0.0404. The molecule has 5 heteroatoms. The van der Waals surface area contributed by atoms with E-state index in [9.17, 15) is 9.59 Å². The third kappa shape index (κ3) is 2.83. The summed E-state index contributed by atoms with van der Waals surface area (Å²) < 4.78 is 0. The van der Waals surface area contributed by atoms with Crippen molar-refractivity contribution >= 4 is 11.8 Å². The van der Waals surface area contributed by atoms with Gasteiger partial charge < -0.3 is 16.0 Å². The van der Waals surface area contributed by atoms with Gasteiger partial charge >= 0.3 is 0 Å². The fraction of sp³-hybridized carbons (Fsp3) is 0.846. The van der Waals surface area contributed by atoms with Gasteiger partial charge in [-0.25, -0.2) is 0 Å². The Labute approximate surface area is 108 Å². The minimum atomic E-state index is -0.267. The first-order valence-corrected chi connectivity index (χ1v) is 6.82. The Balaban J connectivity index is 1.88. The molecule has 0 radical (unpaired) electrons. The minimum Gasteiger partial charge on any atom is -0.359 e. The van der Waals surface area contributed by atoms with Crippen molar-refractivity contribution in [1.82, 2.24) is 10.2 Å². The average molecular weight is 253 g/mol. The van der Waals surface area contributed by atoms with Crippen LogP contribution in [-0.2, 0) is 9.59 Å². The number of piperidine rings is 1. The van der Waals surface area contributed by atoms with Gasteiger partial charge in [-0.3, -0.25) is 9.59 Å². The first-order valence-electron chi connectivity index (χ1n) is 6.82. The molecule has 0 aromatic heterocycles. The van der Waals surface area contributed by atoms with Crippen LogP contribution in [0.15, 0.2) is 0 Å². The van der Waals surface area contributed by atoms with E-state index in [2.05, 4.69) is 5.32 Å². The molecule has 0 bridgehead atoms. The molecule has 2 fully saturated rings. The van der Waals surface area contributed by atoms with Gasteiger partial charge in [0.25, 0.3) is 0 Å². The van der Waals surface area contributed by atoms with Gasteiger partial charge in [0.15, 0.2) is 0 Å². The number of carbonyl (C=O) groups is 2. The van der Waals surface area contributed by atoms with E-state index in [-0.39, 0.29) is 23.3 Å². The summed E-state index contributed by atoms with van der Waals surface area (Å²) in [6.45, 7) is 1.32. The standard InChI is InChI=1S/C13H23N3O2/c1-15-12(18)10-4-2-7-16(9-10)11(17)8-13(14)5-3-6-13/h10H,2-9,14H2,1H3,(H,15,18). The zero-order chi connectivity index (χ0) is 13.2. The van der Waals surface area contributed by atoms with Crippen LogP contribution in [0.3, 0.4) is 0 Å². The summed E-state index contributed by atoms with van der Waals surface area (Å²) in [6.07, 6.45) is 5.24. The molecule has 5 nitrogen and oxygen atoms in total. The highest BCUT2D eigenvalue weighted by molar-refractivity contribution is 5.81. The van der Waals surface area contributed by atoms with Crippen LogP contribution >= 0.6 is 0 Å². The summed E-state index contributed by atoms with van der Waals surface area (Å²) in [7, 11) is 1.65. The second-order valence-electron chi connectivity index (χ2n) is 5.69. The molecular formula is C13H23N3O2. The monoisotopic (exact) mass is 253 g/mol. The lowest BCUT2D eigenvalue weighted by Gasteiger charge is -2.40. The van der Waals surface area contributed by atoms with Crippen LogP contribution in [0.25, 0.3) is 0 Å². The number of nitrogens with two attached hydrogens (primary N) is 1. The number of carbonyl (C=O) groups excluding carboxylic acids is 2. The molecule has 3 N–H and O–H groups in total. The molecule has 0 aromatic carbocycles. The van der Waals surface area contributed by atoms with Crippen molar-refractivity contribution < 1.29 is 9.59 Å². The van der Waals surface area contributed by atoms with Gasteiger partial charge in [-0.2, -0.15) is 0 Å². The van der Waals surface area contributed by atoms with E-state index in [0.717, 1.165) is 38.6 Å². The van der Waals surface area contributed by atoms with Gasteiger partial charge in [0.1, 0.15) is 0 Å². The average Bonchev–Trinajstić information content (AvgIpc) is 2.36. The van der Waals surface area contributed by atoms with Crippen molar-refractivity contribution in [1.29, 1.82) is 0 Å². The quantitative estimate of drug-likeness (QED) is 0.756. The van der Waals surface area contributed by atoms with Gasteiger partial charge in [0, 0.05) is 32.1 Å². The third-order valence-corrected chi connectivity index (χ3v) is 4.24. The lowest BCUT2D eigenvalue weighted by Crippen LogP contribution is -2.52. The fourth-order valence-corrected chi connectivity index (χ4v) is 2.84. The summed E-state index contributed by atoms with van der Waals surface area (Å²) in [4.78, 5) is 25.6. The molecule has 0 aromatic rings. The molecule has 0 spiro atoms. The number of nitrogens with one attached hydrogen (secondary N) is 1. The Hall–Kier alpha value is -1.10. The molecule has 2 amide bonds. The number of amides is 2. The highest BCUT2D eigenvalue weighted by Gasteiger charge is 2.37. The molecule has 1 heterocycles. The van der Waals surface area contributed by atoms with Gasteiger partial charge in [-0.15, -0.1) is 0 Å². The van der Waals surface area contributed by atoms with E-state index in [0.29, 0.717) is 13.0 Å². The number of hydrogen-bond donors (Lipinski definition) is 2. The summed E-state index contributed by atoms with van der Waals surface area (Å²) in [5.41, 5.74) is 5.84. The number of nitrogens with zero attached hydrogens (tertiary/aromatic N) is 1. The number of rotatable bonds is 3. The van der Waals surface area contributed by atoms with Gasteiger partial charge in [-0.05, 0) is 32.1 Å². The first-order chi connectivity index (χ1) is 8.54. The number of likely N-dealkylation sites (tertiary alicyclic amines) is 1. The fourth-order valence-electron chi connectivity index (χ4n) is 2.84. The maximum atomic E-state index is 12.2. The predicted octanol–water partition coefficient (Wildman–Crippen LogP) is 0.243. The zero-order valence-corrected chi connectivity index (χ0v) is 11.1. The molecule has 2 aliphatic rings. The van der Waals surface area contributed by atoms with Crippen molar-refractivity contribution in [2.45, 2.75) is 44.1 Å². The van der Waals surface area contributed by atoms with Crippen molar-refractivity contribution in [2.24, 2.45) is 11.7 Å². The van der Waals surface area contributed by atoms with Crippen LogP contribution in [0, 0.1) is 5.92 Å². The van der Waals surface area contributed by atoms with Crippen molar-refractivity contribution in [3.05, 3.63) is 0 Å². The topological polar surface area (TPSA) is 75.4 Å². The van der Waals surface area contributed by atoms with Gasteiger partial charge in [0.2, 0.25) is 11.8 Å². The summed E-state index contributed by atoms with van der Waals surface area (Å²) in [5, 5.41) is 2.66. The van der Waals surface area contributed by atoms with Crippen LogP contribution in [0.4, 0.5) is 0 Å². The smallest absolute Gasteiger partial charge is 0.224 e. The maximum absolute atomic E-state index is 12.2. The van der Waals surface area contributed by atoms with E-state index in [1.54, 1.807) is 7.05 Å². The van der Waals surface area contributed by atoms with Crippen LogP contribution < -0.4 is 11.1 Å². The summed E-state index contributed by atoms with van der Waals surface area (Å²) in [5.74, 6) is 0.104. The van der Waals surface area contributed by atoms with Crippen LogP contribution in [0.2, 0.25) is 0 Å². The second-order valence-corrected chi connectivity index (χ2v) is 5.69. The predicted molar refractivity (Wildman–Crippen MR) is 68.8 cm³/mol. The lowest BCUT2D eigenvalue weighted by atomic mass is 9.75. The lowest BCUT2D eigenvalue weighted by molar-refractivity contribution is -0.137. The Morgan fingerprint density at radius 2 is 2.11 bits per heavy atom. The third-order valence-electron chi connectivity index (χ3n) is 4.24. The van der Waals surface area contributed by atoms with Crippen LogP contribution in [0.5, 0.6) is 0 Å². The molecule has 102 valence electrons. The van der Waals surface area contributed by atoms with Gasteiger partial charge in [0.05, 0.1) is 5.92 Å². The molecule has 18 heavy (non-hydrogen) atoms. The highest BCUT2D eigenvalue weighted by Crippen LogP contribution is 2.33. The zero-order valence-electron chi connectivity index (χ0n) is 11.1. The van der Waals surface area contributed by atoms with E-state index < -0.39 is 0 Å². The van der Waals surface area contributed by atoms with E-state index in [1.165, 1.54) is 0 Å². The van der Waals surface area contributed by atoms with Crippen molar-refractivity contribution in [3.63, 3.8) is 0 Å². The highest BCUT2D eigenvalue weighted by atomic mass is 16.2. The van der Waals surface area contributed by atoms with E-state index >= 15 is 0 Å². The maximum Gasteiger partial charge on any atom is 0.224 e. The molecule has 1 atom stereocenters. The van der Waals surface area contributed by atoms with Crippen molar-refractivity contribution in [3.8, 4) is 0 Å². The van der Waals surface area contributed by atoms with E-state index in [1.807, 2.05) is 4.90 Å². The summed E-state index contributed by atoms with van der Waals surface area (Å²) in [6, 6.07) is 0. The van der Waals surface area contributed by atoms with Crippen LogP contribution in [-0.4, -0.2) is 42.4 Å². The molecule has 1 saturated carbocycles. The molecule has 1 aliphatic carbocycles. The second kappa shape index (κ2) is 5.26. The number of hydrogen-bond acceptors (Lipinski definition) is 3. The SMILES string of the molecule is CNC(=O)C1CCCN(C(=O)CC2(N)CCC2)C1.